The largest absolute Gasteiger partial charge is 1.00 e. The summed E-state index contributed by atoms with van der Waals surface area (Å²) in [6.07, 6.45) is 1.42. The number of amides is 2. The maximum absolute atomic E-state index is 10.8. The Morgan fingerprint density at radius 3 is 2.50 bits per heavy atom. The molecule has 1 saturated heterocycles. The van der Waals surface area contributed by atoms with E-state index < -0.39 is 5.91 Å². The average Bonchev–Trinajstić information content (AvgIpc) is 2.15. The summed E-state index contributed by atoms with van der Waals surface area (Å²) in [6, 6.07) is 0. The third kappa shape index (κ3) is 4.01. The van der Waals surface area contributed by atoms with Crippen molar-refractivity contribution in [3.05, 3.63) is 0 Å². The van der Waals surface area contributed by atoms with Crippen LogP contribution in [0.4, 0.5) is 0 Å². The Kier molecular flexibility index (Phi) is 7.60. The van der Waals surface area contributed by atoms with Crippen LogP contribution >= 0.6 is 0 Å². The normalized spacial score (nSPS) is 15.0. The van der Waals surface area contributed by atoms with Gasteiger partial charge in [0.05, 0.1) is 6.54 Å². The SMILES string of the molecule is NC(=O)CN1CCCC1=O.[Cl-].[Li+]. The van der Waals surface area contributed by atoms with Crippen molar-refractivity contribution in [1.29, 1.82) is 0 Å². The van der Waals surface area contributed by atoms with E-state index in [1.807, 2.05) is 0 Å². The number of primary amides is 1. The van der Waals surface area contributed by atoms with Crippen molar-refractivity contribution < 1.29 is 40.9 Å². The van der Waals surface area contributed by atoms with E-state index >= 15 is 0 Å². The molecule has 0 bridgehead atoms. The van der Waals surface area contributed by atoms with E-state index in [1.54, 1.807) is 0 Å². The molecule has 6 heteroatoms. The van der Waals surface area contributed by atoms with Crippen LogP contribution in [0.1, 0.15) is 12.8 Å². The standard InChI is InChI=1S/C6H10N2O2.ClH.Li/c7-5(9)4-8-3-1-2-6(8)10;;/h1-4H2,(H2,7,9);1H;/q;;+1/p-1. The molecule has 0 aliphatic carbocycles. The first kappa shape index (κ1) is 14.4. The molecule has 64 valence electrons. The van der Waals surface area contributed by atoms with Gasteiger partial charge in [-0.1, -0.05) is 0 Å². The van der Waals surface area contributed by atoms with Gasteiger partial charge < -0.3 is 23.0 Å². The second-order valence-corrected chi connectivity index (χ2v) is 2.39. The van der Waals surface area contributed by atoms with E-state index in [2.05, 4.69) is 0 Å². The molecule has 1 fully saturated rings. The number of halogens is 1. The number of nitrogens with zero attached hydrogens (tertiary/aromatic N) is 1. The summed E-state index contributed by atoms with van der Waals surface area (Å²) in [7, 11) is 0. The van der Waals surface area contributed by atoms with E-state index in [0.29, 0.717) is 13.0 Å². The molecule has 0 atom stereocenters. The Bertz CT molecular complexity index is 177. The summed E-state index contributed by atoms with van der Waals surface area (Å²) in [5, 5.41) is 0. The number of likely N-dealkylation sites (tertiary alicyclic amines) is 1. The van der Waals surface area contributed by atoms with Crippen LogP contribution in [0, 0.1) is 0 Å². The zero-order valence-electron chi connectivity index (χ0n) is 7.05. The summed E-state index contributed by atoms with van der Waals surface area (Å²) in [5.41, 5.74) is 4.90. The maximum atomic E-state index is 10.8. The molecule has 0 spiro atoms. The van der Waals surface area contributed by atoms with Crippen LogP contribution < -0.4 is 37.0 Å². The molecule has 4 nitrogen and oxygen atoms in total. The van der Waals surface area contributed by atoms with Gasteiger partial charge in [-0.2, -0.15) is 0 Å². The first-order valence-electron chi connectivity index (χ1n) is 3.26. The molecule has 0 aromatic rings. The average molecular weight is 185 g/mol. The van der Waals surface area contributed by atoms with Crippen LogP contribution in [-0.4, -0.2) is 29.8 Å². The minimum Gasteiger partial charge on any atom is -1.00 e. The number of hydrogen-bond acceptors (Lipinski definition) is 2. The number of rotatable bonds is 2. The van der Waals surface area contributed by atoms with Gasteiger partial charge >= 0.3 is 18.9 Å². The first-order valence-corrected chi connectivity index (χ1v) is 3.26. The fourth-order valence-corrected chi connectivity index (χ4v) is 1.06. The number of nitrogens with two attached hydrogens (primary N) is 1. The summed E-state index contributed by atoms with van der Waals surface area (Å²) in [5.74, 6) is -0.394. The topological polar surface area (TPSA) is 63.4 Å². The zero-order chi connectivity index (χ0) is 7.56. The summed E-state index contributed by atoms with van der Waals surface area (Å²) >= 11 is 0. The molecule has 12 heavy (non-hydrogen) atoms. The van der Waals surface area contributed by atoms with Gasteiger partial charge in [-0.3, -0.25) is 9.59 Å². The Balaban J connectivity index is 0. The van der Waals surface area contributed by atoms with Crippen LogP contribution in [0.25, 0.3) is 0 Å². The molecule has 0 unspecified atom stereocenters. The van der Waals surface area contributed by atoms with Crippen molar-refractivity contribution in [3.8, 4) is 0 Å². The molecule has 2 N–H and O–H groups in total. The van der Waals surface area contributed by atoms with Gasteiger partial charge in [0, 0.05) is 13.0 Å². The van der Waals surface area contributed by atoms with E-state index in [1.165, 1.54) is 4.90 Å². The minimum absolute atomic E-state index is 0. The van der Waals surface area contributed by atoms with E-state index in [9.17, 15) is 9.59 Å². The Morgan fingerprint density at radius 1 is 1.58 bits per heavy atom. The molecular weight excluding hydrogens is 174 g/mol. The smallest absolute Gasteiger partial charge is 1.00 e. The Hall–Kier alpha value is -0.173. The fourth-order valence-electron chi connectivity index (χ4n) is 1.06. The summed E-state index contributed by atoms with van der Waals surface area (Å²) in [4.78, 5) is 22.6. The van der Waals surface area contributed by atoms with Crippen molar-refractivity contribution in [2.24, 2.45) is 5.73 Å². The van der Waals surface area contributed by atoms with Crippen LogP contribution in [0.5, 0.6) is 0 Å². The molecule has 1 aliphatic heterocycles. The van der Waals surface area contributed by atoms with E-state index in [-0.39, 0.29) is 43.7 Å². The van der Waals surface area contributed by atoms with Crippen molar-refractivity contribution in [2.75, 3.05) is 13.1 Å². The number of carbonyl (C=O) groups excluding carboxylic acids is 2. The van der Waals surface area contributed by atoms with Crippen LogP contribution in [-0.2, 0) is 9.59 Å². The maximum Gasteiger partial charge on any atom is 1.00 e. The van der Waals surface area contributed by atoms with Crippen LogP contribution in [0.15, 0.2) is 0 Å². The van der Waals surface area contributed by atoms with Gasteiger partial charge in [0.15, 0.2) is 0 Å². The van der Waals surface area contributed by atoms with Crippen molar-refractivity contribution in [1.82, 2.24) is 4.90 Å². The molecule has 0 aromatic heterocycles. The van der Waals surface area contributed by atoms with Crippen molar-refractivity contribution in [2.45, 2.75) is 12.8 Å². The van der Waals surface area contributed by atoms with Crippen LogP contribution in [0.3, 0.4) is 0 Å². The molecule has 0 aromatic carbocycles. The Morgan fingerprint density at radius 2 is 2.17 bits per heavy atom. The minimum atomic E-state index is -0.435. The van der Waals surface area contributed by atoms with Gasteiger partial charge in [0.1, 0.15) is 0 Å². The van der Waals surface area contributed by atoms with Gasteiger partial charge in [-0.25, -0.2) is 0 Å². The van der Waals surface area contributed by atoms with Crippen LogP contribution in [0.2, 0.25) is 0 Å². The molecule has 0 saturated carbocycles. The second-order valence-electron chi connectivity index (χ2n) is 2.39. The van der Waals surface area contributed by atoms with Crippen molar-refractivity contribution in [3.63, 3.8) is 0 Å². The molecule has 1 aliphatic rings. The number of carbonyl (C=O) groups is 2. The molecule has 2 amide bonds. The van der Waals surface area contributed by atoms with Crippen molar-refractivity contribution >= 4 is 11.8 Å². The molecule has 1 heterocycles. The summed E-state index contributed by atoms with van der Waals surface area (Å²) in [6.45, 7) is 0.764. The Labute approximate surface area is 89.4 Å². The van der Waals surface area contributed by atoms with Gasteiger partial charge in [-0.05, 0) is 6.42 Å². The third-order valence-corrected chi connectivity index (χ3v) is 1.52. The predicted octanol–water partition coefficient (Wildman–Crippen LogP) is -6.90. The second kappa shape index (κ2) is 6.36. The molecule has 0 radical (unpaired) electrons. The number of hydrogen-bond donors (Lipinski definition) is 1. The first-order chi connectivity index (χ1) is 4.70. The fraction of sp³-hybridized carbons (Fsp3) is 0.667. The van der Waals surface area contributed by atoms with Gasteiger partial charge in [-0.15, -0.1) is 0 Å². The van der Waals surface area contributed by atoms with E-state index in [0.717, 1.165) is 6.42 Å². The van der Waals surface area contributed by atoms with Gasteiger partial charge in [0.25, 0.3) is 0 Å². The monoisotopic (exact) mass is 184 g/mol. The predicted molar refractivity (Wildman–Crippen MR) is 35.0 cm³/mol. The zero-order valence-corrected chi connectivity index (χ0v) is 7.80. The molecular formula is C6H10ClLiN2O2. The third-order valence-electron chi connectivity index (χ3n) is 1.52. The van der Waals surface area contributed by atoms with E-state index in [4.69, 9.17) is 5.73 Å². The molecule has 1 rings (SSSR count). The quantitative estimate of drug-likeness (QED) is 0.434. The summed E-state index contributed by atoms with van der Waals surface area (Å²) < 4.78 is 0. The van der Waals surface area contributed by atoms with Gasteiger partial charge in [0.2, 0.25) is 11.8 Å².